The first-order valence-electron chi connectivity index (χ1n) is 9.94. The summed E-state index contributed by atoms with van der Waals surface area (Å²) in [4.78, 5) is 19.5. The van der Waals surface area contributed by atoms with E-state index in [2.05, 4.69) is 57.1 Å². The monoisotopic (exact) mass is 391 g/mol. The summed E-state index contributed by atoms with van der Waals surface area (Å²) < 4.78 is 0. The Balaban J connectivity index is 1.49. The number of benzene rings is 2. The van der Waals surface area contributed by atoms with Gasteiger partial charge in [0, 0.05) is 49.3 Å². The maximum absolute atomic E-state index is 11.8. The van der Waals surface area contributed by atoms with Crippen LogP contribution in [0.4, 0.5) is 0 Å². The molecule has 2 aromatic carbocycles. The Hall–Kier alpha value is -3.28. The van der Waals surface area contributed by atoms with Crippen LogP contribution in [-0.2, 0) is 12.8 Å². The second kappa shape index (κ2) is 9.78. The molecule has 1 aromatic heterocycles. The summed E-state index contributed by atoms with van der Waals surface area (Å²) in [5.74, 6) is 0.717. The van der Waals surface area contributed by atoms with Crippen molar-refractivity contribution in [2.45, 2.75) is 19.8 Å². The smallest absolute Gasteiger partial charge is 0.251 e. The van der Waals surface area contributed by atoms with Gasteiger partial charge >= 0.3 is 0 Å². The van der Waals surface area contributed by atoms with Crippen LogP contribution in [-0.4, -0.2) is 44.0 Å². The SMILES string of the molecule is CN=C(NCCc1cccc(C(=O)NC)c1)NCCc1c(C)[nH]c2ccccc12. The van der Waals surface area contributed by atoms with E-state index in [1.54, 1.807) is 14.1 Å². The number of fused-ring (bicyclic) bond motifs is 1. The minimum absolute atomic E-state index is 0.0649. The molecule has 152 valence electrons. The number of guanidine groups is 1. The molecule has 6 heteroatoms. The van der Waals surface area contributed by atoms with Crippen molar-refractivity contribution in [1.82, 2.24) is 20.9 Å². The zero-order valence-electron chi connectivity index (χ0n) is 17.3. The molecule has 3 rings (SSSR count). The minimum Gasteiger partial charge on any atom is -0.358 e. The molecule has 0 atom stereocenters. The van der Waals surface area contributed by atoms with E-state index in [0.717, 1.165) is 37.5 Å². The van der Waals surface area contributed by atoms with Gasteiger partial charge < -0.3 is 20.9 Å². The highest BCUT2D eigenvalue weighted by Gasteiger charge is 2.08. The van der Waals surface area contributed by atoms with Crippen molar-refractivity contribution in [3.05, 3.63) is 70.9 Å². The molecule has 1 heterocycles. The lowest BCUT2D eigenvalue weighted by Crippen LogP contribution is -2.39. The van der Waals surface area contributed by atoms with Crippen LogP contribution < -0.4 is 16.0 Å². The number of hydrogen-bond acceptors (Lipinski definition) is 2. The fourth-order valence-electron chi connectivity index (χ4n) is 3.52. The van der Waals surface area contributed by atoms with Crippen LogP contribution in [0.1, 0.15) is 27.2 Å². The Kier molecular flexibility index (Phi) is 6.89. The molecule has 4 N–H and O–H groups in total. The summed E-state index contributed by atoms with van der Waals surface area (Å²) in [6.45, 7) is 3.66. The molecule has 29 heavy (non-hydrogen) atoms. The molecule has 0 saturated carbocycles. The van der Waals surface area contributed by atoms with Gasteiger partial charge in [0.2, 0.25) is 0 Å². The van der Waals surface area contributed by atoms with E-state index in [4.69, 9.17) is 0 Å². The molecule has 0 aliphatic heterocycles. The van der Waals surface area contributed by atoms with Crippen LogP contribution in [0.2, 0.25) is 0 Å². The summed E-state index contributed by atoms with van der Waals surface area (Å²) in [5, 5.41) is 10.7. The first-order chi connectivity index (χ1) is 14.1. The molecule has 0 fully saturated rings. The van der Waals surface area contributed by atoms with Crippen molar-refractivity contribution in [3.63, 3.8) is 0 Å². The Morgan fingerprint density at radius 3 is 2.55 bits per heavy atom. The van der Waals surface area contributed by atoms with E-state index in [1.807, 2.05) is 24.3 Å². The van der Waals surface area contributed by atoms with Crippen LogP contribution in [0.25, 0.3) is 10.9 Å². The molecule has 0 saturated heterocycles. The first-order valence-corrected chi connectivity index (χ1v) is 9.94. The van der Waals surface area contributed by atoms with E-state index in [0.29, 0.717) is 5.56 Å². The number of nitrogens with one attached hydrogen (secondary N) is 4. The number of hydrogen-bond donors (Lipinski definition) is 4. The summed E-state index contributed by atoms with van der Waals surface area (Å²) in [5.41, 5.74) is 5.54. The predicted octanol–water partition coefficient (Wildman–Crippen LogP) is 2.79. The fourth-order valence-corrected chi connectivity index (χ4v) is 3.52. The molecular formula is C23H29N5O. The fraction of sp³-hybridized carbons (Fsp3) is 0.304. The highest BCUT2D eigenvalue weighted by atomic mass is 16.1. The van der Waals surface area contributed by atoms with Gasteiger partial charge in [-0.25, -0.2) is 0 Å². The van der Waals surface area contributed by atoms with Gasteiger partial charge in [-0.3, -0.25) is 9.79 Å². The molecule has 0 aliphatic rings. The zero-order valence-corrected chi connectivity index (χ0v) is 17.3. The third kappa shape index (κ3) is 5.16. The van der Waals surface area contributed by atoms with Crippen LogP contribution in [0.5, 0.6) is 0 Å². The molecule has 0 bridgehead atoms. The molecule has 6 nitrogen and oxygen atoms in total. The Bertz CT molecular complexity index is 1010. The van der Waals surface area contributed by atoms with Gasteiger partial charge in [-0.2, -0.15) is 0 Å². The van der Waals surface area contributed by atoms with Crippen LogP contribution in [0.3, 0.4) is 0 Å². The predicted molar refractivity (Wildman–Crippen MR) is 120 cm³/mol. The Labute approximate surface area is 171 Å². The van der Waals surface area contributed by atoms with Gasteiger partial charge in [0.25, 0.3) is 5.91 Å². The normalized spacial score (nSPS) is 11.5. The van der Waals surface area contributed by atoms with Crippen molar-refractivity contribution in [2.75, 3.05) is 27.2 Å². The number of aliphatic imine (C=N–C) groups is 1. The van der Waals surface area contributed by atoms with Gasteiger partial charge in [0.1, 0.15) is 0 Å². The number of H-pyrrole nitrogens is 1. The molecule has 0 radical (unpaired) electrons. The zero-order chi connectivity index (χ0) is 20.6. The van der Waals surface area contributed by atoms with Crippen LogP contribution in [0.15, 0.2) is 53.5 Å². The molecule has 0 unspecified atom stereocenters. The van der Waals surface area contributed by atoms with E-state index in [1.165, 1.54) is 22.2 Å². The third-order valence-corrected chi connectivity index (χ3v) is 5.04. The van der Waals surface area contributed by atoms with Crippen LogP contribution >= 0.6 is 0 Å². The average Bonchev–Trinajstić information content (AvgIpc) is 3.07. The molecule has 3 aromatic rings. The maximum atomic E-state index is 11.8. The van der Waals surface area contributed by atoms with E-state index < -0.39 is 0 Å². The standard InChI is InChI=1S/C23H29N5O/c1-16-19(20-9-4-5-10-21(20)28-16)12-14-27-23(25-3)26-13-11-17-7-6-8-18(15-17)22(29)24-2/h4-10,15,28H,11-14H2,1-3H3,(H,24,29)(H2,25,26,27). The second-order valence-corrected chi connectivity index (χ2v) is 6.98. The summed E-state index contributed by atoms with van der Waals surface area (Å²) >= 11 is 0. The summed E-state index contributed by atoms with van der Waals surface area (Å²) in [6.07, 6.45) is 1.73. The van der Waals surface area contributed by atoms with Gasteiger partial charge in [0.15, 0.2) is 5.96 Å². The summed E-state index contributed by atoms with van der Waals surface area (Å²) in [7, 11) is 3.42. The molecule has 1 amide bonds. The molecule has 0 spiro atoms. The number of nitrogens with zero attached hydrogens (tertiary/aromatic N) is 1. The largest absolute Gasteiger partial charge is 0.358 e. The van der Waals surface area contributed by atoms with Crippen molar-refractivity contribution < 1.29 is 4.79 Å². The number of carbonyl (C=O) groups is 1. The van der Waals surface area contributed by atoms with Crippen molar-refractivity contribution >= 4 is 22.8 Å². The lowest BCUT2D eigenvalue weighted by Gasteiger charge is -2.12. The number of carbonyl (C=O) groups excluding carboxylic acids is 1. The van der Waals surface area contributed by atoms with Crippen molar-refractivity contribution in [1.29, 1.82) is 0 Å². The number of aromatic amines is 1. The van der Waals surface area contributed by atoms with Crippen LogP contribution in [0, 0.1) is 6.92 Å². The van der Waals surface area contributed by atoms with Gasteiger partial charge in [0.05, 0.1) is 0 Å². The lowest BCUT2D eigenvalue weighted by atomic mass is 10.1. The molecular weight excluding hydrogens is 362 g/mol. The Morgan fingerprint density at radius 2 is 1.79 bits per heavy atom. The van der Waals surface area contributed by atoms with E-state index in [9.17, 15) is 4.79 Å². The highest BCUT2D eigenvalue weighted by molar-refractivity contribution is 5.94. The lowest BCUT2D eigenvalue weighted by molar-refractivity contribution is 0.0963. The third-order valence-electron chi connectivity index (χ3n) is 5.04. The number of amides is 1. The van der Waals surface area contributed by atoms with Gasteiger partial charge in [-0.15, -0.1) is 0 Å². The number of para-hydroxylation sites is 1. The topological polar surface area (TPSA) is 81.3 Å². The van der Waals surface area contributed by atoms with Crippen molar-refractivity contribution in [2.24, 2.45) is 4.99 Å². The van der Waals surface area contributed by atoms with Gasteiger partial charge in [-0.1, -0.05) is 30.3 Å². The van der Waals surface area contributed by atoms with E-state index >= 15 is 0 Å². The molecule has 0 aliphatic carbocycles. The number of rotatable bonds is 7. The quantitative estimate of drug-likeness (QED) is 0.369. The van der Waals surface area contributed by atoms with Gasteiger partial charge in [-0.05, 0) is 49.1 Å². The minimum atomic E-state index is -0.0649. The van der Waals surface area contributed by atoms with E-state index in [-0.39, 0.29) is 5.91 Å². The average molecular weight is 392 g/mol. The number of aryl methyl sites for hydroxylation is 1. The maximum Gasteiger partial charge on any atom is 0.251 e. The first kappa shape index (κ1) is 20.5. The summed E-state index contributed by atoms with van der Waals surface area (Å²) in [6, 6.07) is 16.1. The highest BCUT2D eigenvalue weighted by Crippen LogP contribution is 2.21. The number of aromatic nitrogens is 1. The Morgan fingerprint density at radius 1 is 1.03 bits per heavy atom. The second-order valence-electron chi connectivity index (χ2n) is 6.98. The van der Waals surface area contributed by atoms with Crippen molar-refractivity contribution in [3.8, 4) is 0 Å².